The van der Waals surface area contributed by atoms with E-state index in [-0.39, 0.29) is 30.7 Å². The second kappa shape index (κ2) is 8.45. The van der Waals surface area contributed by atoms with Crippen molar-refractivity contribution in [2.45, 2.75) is 51.0 Å². The number of hydrogen-bond acceptors (Lipinski definition) is 6. The molecule has 0 unspecified atom stereocenters. The molecule has 0 saturated heterocycles. The number of nitrogens with two attached hydrogens (primary N) is 1. The van der Waals surface area contributed by atoms with Gasteiger partial charge in [0, 0.05) is 5.38 Å². The van der Waals surface area contributed by atoms with E-state index in [1.807, 2.05) is 0 Å². The summed E-state index contributed by atoms with van der Waals surface area (Å²) in [6.45, 7) is 2.11. The minimum absolute atomic E-state index is 0. The van der Waals surface area contributed by atoms with Gasteiger partial charge in [-0.2, -0.15) is 0 Å². The number of rotatable bonds is 5. The molecule has 1 heterocycles. The molecule has 6 nitrogen and oxygen atoms in total. The highest BCUT2D eigenvalue weighted by molar-refractivity contribution is 7.13. The van der Waals surface area contributed by atoms with E-state index < -0.39 is 5.54 Å². The predicted molar refractivity (Wildman–Crippen MR) is 88.3 cm³/mol. The van der Waals surface area contributed by atoms with E-state index in [1.54, 1.807) is 12.3 Å². The van der Waals surface area contributed by atoms with Gasteiger partial charge in [0.15, 0.2) is 5.13 Å². The normalized spacial score (nSPS) is 16.5. The zero-order valence-electron chi connectivity index (χ0n) is 12.6. The fourth-order valence-electron chi connectivity index (χ4n) is 2.44. The maximum atomic E-state index is 12.3. The van der Waals surface area contributed by atoms with Crippen LogP contribution in [-0.4, -0.2) is 29.0 Å². The molecule has 0 spiro atoms. The molecule has 3 N–H and O–H groups in total. The van der Waals surface area contributed by atoms with Gasteiger partial charge in [-0.3, -0.25) is 9.59 Å². The number of aromatic nitrogens is 1. The average molecular weight is 348 g/mol. The number of halogens is 1. The molecule has 0 atom stereocenters. The van der Waals surface area contributed by atoms with Crippen LogP contribution in [0, 0.1) is 0 Å². The first-order chi connectivity index (χ1) is 10.0. The van der Waals surface area contributed by atoms with Gasteiger partial charge in [-0.05, 0) is 19.8 Å². The van der Waals surface area contributed by atoms with Crippen molar-refractivity contribution in [3.63, 3.8) is 0 Å². The van der Waals surface area contributed by atoms with Gasteiger partial charge in [-0.1, -0.05) is 19.3 Å². The van der Waals surface area contributed by atoms with Crippen molar-refractivity contribution in [1.82, 2.24) is 4.98 Å². The topological polar surface area (TPSA) is 94.3 Å². The van der Waals surface area contributed by atoms with E-state index in [1.165, 1.54) is 11.3 Å². The number of carbonyl (C=O) groups is 2. The molecule has 1 fully saturated rings. The van der Waals surface area contributed by atoms with Crippen LogP contribution in [0.4, 0.5) is 5.13 Å². The van der Waals surface area contributed by atoms with Gasteiger partial charge in [0.1, 0.15) is 0 Å². The molecule has 1 aliphatic carbocycles. The number of amides is 1. The zero-order chi connectivity index (χ0) is 15.3. The zero-order valence-corrected chi connectivity index (χ0v) is 14.2. The summed E-state index contributed by atoms with van der Waals surface area (Å²) in [5.41, 5.74) is 5.98. The first-order valence-corrected chi connectivity index (χ1v) is 8.12. The minimum atomic E-state index is -0.786. The third-order valence-corrected chi connectivity index (χ3v) is 4.41. The van der Waals surface area contributed by atoms with E-state index >= 15 is 0 Å². The predicted octanol–water partition coefficient (Wildman–Crippen LogP) is 2.27. The Labute approximate surface area is 140 Å². The van der Waals surface area contributed by atoms with Crippen LogP contribution in [0.25, 0.3) is 0 Å². The summed E-state index contributed by atoms with van der Waals surface area (Å²) >= 11 is 1.29. The van der Waals surface area contributed by atoms with Gasteiger partial charge in [0.05, 0.1) is 24.3 Å². The molecule has 1 amide bonds. The number of thiazole rings is 1. The van der Waals surface area contributed by atoms with Gasteiger partial charge >= 0.3 is 5.97 Å². The van der Waals surface area contributed by atoms with Gasteiger partial charge < -0.3 is 15.8 Å². The molecule has 2 rings (SSSR count). The number of nitrogens with zero attached hydrogens (tertiary/aromatic N) is 1. The molecule has 1 aromatic heterocycles. The largest absolute Gasteiger partial charge is 0.466 e. The smallest absolute Gasteiger partial charge is 0.311 e. The lowest BCUT2D eigenvalue weighted by Gasteiger charge is -2.31. The molecular formula is C14H22ClN3O3S. The maximum absolute atomic E-state index is 12.3. The second-order valence-corrected chi connectivity index (χ2v) is 6.15. The number of anilines is 1. The molecule has 1 aromatic rings. The van der Waals surface area contributed by atoms with Crippen molar-refractivity contribution in [2.75, 3.05) is 11.9 Å². The Bertz CT molecular complexity index is 515. The Hall–Kier alpha value is -1.18. The molecule has 124 valence electrons. The first-order valence-electron chi connectivity index (χ1n) is 7.24. The Morgan fingerprint density at radius 2 is 2.09 bits per heavy atom. The summed E-state index contributed by atoms with van der Waals surface area (Å²) in [5, 5.41) is 5.00. The van der Waals surface area contributed by atoms with Gasteiger partial charge in [0.2, 0.25) is 5.91 Å². The quantitative estimate of drug-likeness (QED) is 0.797. The van der Waals surface area contributed by atoms with Crippen LogP contribution >= 0.6 is 23.7 Å². The number of nitrogens with one attached hydrogen (secondary N) is 1. The van der Waals surface area contributed by atoms with Gasteiger partial charge in [0.25, 0.3) is 0 Å². The van der Waals surface area contributed by atoms with Gasteiger partial charge in [-0.15, -0.1) is 23.7 Å². The fourth-order valence-corrected chi connectivity index (χ4v) is 3.14. The monoisotopic (exact) mass is 347 g/mol. The first kappa shape index (κ1) is 18.9. The van der Waals surface area contributed by atoms with Crippen molar-refractivity contribution in [2.24, 2.45) is 5.73 Å². The van der Waals surface area contributed by atoms with Crippen molar-refractivity contribution < 1.29 is 14.3 Å². The van der Waals surface area contributed by atoms with Crippen molar-refractivity contribution in [3.8, 4) is 0 Å². The molecule has 1 aliphatic rings. The molecule has 22 heavy (non-hydrogen) atoms. The summed E-state index contributed by atoms with van der Waals surface area (Å²) in [7, 11) is 0. The van der Waals surface area contributed by atoms with Gasteiger partial charge in [-0.25, -0.2) is 4.98 Å². The van der Waals surface area contributed by atoms with Crippen LogP contribution in [0.15, 0.2) is 5.38 Å². The molecule has 8 heteroatoms. The SMILES string of the molecule is CCOC(=O)Cc1csc(NC(=O)C2(N)CCCCC2)n1.Cl. The molecular weight excluding hydrogens is 326 g/mol. The molecule has 0 aromatic carbocycles. The Balaban J connectivity index is 0.00000242. The summed E-state index contributed by atoms with van der Waals surface area (Å²) < 4.78 is 4.87. The fraction of sp³-hybridized carbons (Fsp3) is 0.643. The summed E-state index contributed by atoms with van der Waals surface area (Å²) in [4.78, 5) is 27.9. The Kier molecular flexibility index (Phi) is 7.25. The Morgan fingerprint density at radius 3 is 2.73 bits per heavy atom. The lowest BCUT2D eigenvalue weighted by atomic mass is 9.82. The van der Waals surface area contributed by atoms with E-state index in [0.29, 0.717) is 30.3 Å². The highest BCUT2D eigenvalue weighted by atomic mass is 35.5. The number of ether oxygens (including phenoxy) is 1. The second-order valence-electron chi connectivity index (χ2n) is 5.30. The lowest BCUT2D eigenvalue weighted by Crippen LogP contribution is -2.52. The average Bonchev–Trinajstić information content (AvgIpc) is 2.87. The molecule has 0 radical (unpaired) electrons. The van der Waals surface area contributed by atoms with E-state index in [2.05, 4.69) is 10.3 Å². The summed E-state index contributed by atoms with van der Waals surface area (Å²) in [5.74, 6) is -0.498. The van der Waals surface area contributed by atoms with Crippen LogP contribution in [0.3, 0.4) is 0 Å². The number of carbonyl (C=O) groups excluding carboxylic acids is 2. The van der Waals surface area contributed by atoms with Crippen molar-refractivity contribution >= 4 is 40.8 Å². The van der Waals surface area contributed by atoms with Crippen molar-refractivity contribution in [3.05, 3.63) is 11.1 Å². The maximum Gasteiger partial charge on any atom is 0.311 e. The highest BCUT2D eigenvalue weighted by Crippen LogP contribution is 2.27. The number of hydrogen-bond donors (Lipinski definition) is 2. The van der Waals surface area contributed by atoms with Crippen LogP contribution in [0.2, 0.25) is 0 Å². The third kappa shape index (κ3) is 4.93. The standard InChI is InChI=1S/C14H21N3O3S.ClH/c1-2-20-11(18)8-10-9-21-13(16-10)17-12(19)14(15)6-4-3-5-7-14;/h9H,2-8,15H2,1H3,(H,16,17,19);1H. The van der Waals surface area contributed by atoms with Crippen LogP contribution < -0.4 is 11.1 Å². The molecule has 1 saturated carbocycles. The number of esters is 1. The van der Waals surface area contributed by atoms with Crippen LogP contribution in [0.5, 0.6) is 0 Å². The summed E-state index contributed by atoms with van der Waals surface area (Å²) in [6, 6.07) is 0. The minimum Gasteiger partial charge on any atom is -0.466 e. The van der Waals surface area contributed by atoms with E-state index in [9.17, 15) is 9.59 Å². The van der Waals surface area contributed by atoms with E-state index in [0.717, 1.165) is 19.3 Å². The van der Waals surface area contributed by atoms with Crippen LogP contribution in [0.1, 0.15) is 44.7 Å². The Morgan fingerprint density at radius 1 is 1.41 bits per heavy atom. The molecule has 0 aliphatic heterocycles. The van der Waals surface area contributed by atoms with Crippen molar-refractivity contribution in [1.29, 1.82) is 0 Å². The molecule has 0 bridgehead atoms. The highest BCUT2D eigenvalue weighted by Gasteiger charge is 2.35. The van der Waals surface area contributed by atoms with Crippen LogP contribution in [-0.2, 0) is 20.7 Å². The lowest BCUT2D eigenvalue weighted by molar-refractivity contribution is -0.142. The third-order valence-electron chi connectivity index (χ3n) is 3.60. The van der Waals surface area contributed by atoms with E-state index in [4.69, 9.17) is 10.5 Å². The summed E-state index contributed by atoms with van der Waals surface area (Å²) in [6.07, 6.45) is 4.63.